The van der Waals surface area contributed by atoms with Crippen molar-refractivity contribution < 1.29 is 5.11 Å². The highest BCUT2D eigenvalue weighted by atomic mass is 32.1. The van der Waals surface area contributed by atoms with Crippen LogP contribution in [0.15, 0.2) is 18.5 Å². The van der Waals surface area contributed by atoms with Gasteiger partial charge in [0.05, 0.1) is 10.6 Å². The van der Waals surface area contributed by atoms with Gasteiger partial charge in [-0.25, -0.2) is 0 Å². The maximum atomic E-state index is 10.1. The summed E-state index contributed by atoms with van der Waals surface area (Å²) in [6.07, 6.45) is 2.75. The van der Waals surface area contributed by atoms with E-state index in [1.165, 1.54) is 11.5 Å². The Balaban J connectivity index is 2.36. The number of hydrogen-bond donors (Lipinski definition) is 1. The van der Waals surface area contributed by atoms with Crippen LogP contribution in [0.1, 0.15) is 27.8 Å². The molecule has 2 aromatic heterocycles. The van der Waals surface area contributed by atoms with Crippen LogP contribution in [0.4, 0.5) is 0 Å². The summed E-state index contributed by atoms with van der Waals surface area (Å²) in [5.41, 5.74) is 2.58. The van der Waals surface area contributed by atoms with E-state index >= 15 is 0 Å². The molecule has 0 spiro atoms. The Bertz CT molecular complexity index is 469. The van der Waals surface area contributed by atoms with Crippen LogP contribution < -0.4 is 0 Å². The monoisotopic (exact) mass is 221 g/mol. The third-order valence-electron chi connectivity index (χ3n) is 2.15. The van der Waals surface area contributed by atoms with Crippen molar-refractivity contribution in [1.82, 2.24) is 14.6 Å². The van der Waals surface area contributed by atoms with Crippen molar-refractivity contribution in [2.45, 2.75) is 20.0 Å². The van der Waals surface area contributed by atoms with Crippen LogP contribution in [0, 0.1) is 13.8 Å². The summed E-state index contributed by atoms with van der Waals surface area (Å²) >= 11 is 1.22. The zero-order chi connectivity index (χ0) is 10.8. The van der Waals surface area contributed by atoms with Crippen molar-refractivity contribution >= 4 is 11.5 Å². The maximum absolute atomic E-state index is 10.1. The fourth-order valence-electron chi connectivity index (χ4n) is 1.37. The highest BCUT2D eigenvalue weighted by Gasteiger charge is 2.16. The van der Waals surface area contributed by atoms with Gasteiger partial charge in [-0.05, 0) is 30.9 Å². The zero-order valence-corrected chi connectivity index (χ0v) is 9.32. The van der Waals surface area contributed by atoms with Crippen molar-refractivity contribution in [1.29, 1.82) is 0 Å². The standard InChI is InChI=1S/C10H11N3OS/c1-6-3-8(5-11-4-6)9(14)10-7(2)12-13-15-10/h3-5,9,14H,1-2H3. The van der Waals surface area contributed by atoms with Crippen LogP contribution in [-0.2, 0) is 0 Å². The van der Waals surface area contributed by atoms with E-state index in [0.29, 0.717) is 0 Å². The van der Waals surface area contributed by atoms with Crippen LogP contribution in [0.5, 0.6) is 0 Å². The first-order chi connectivity index (χ1) is 7.18. The lowest BCUT2D eigenvalue weighted by Gasteiger charge is -2.08. The van der Waals surface area contributed by atoms with E-state index in [1.807, 2.05) is 19.9 Å². The van der Waals surface area contributed by atoms with Gasteiger partial charge in [0, 0.05) is 18.0 Å². The molecule has 0 amide bonds. The SMILES string of the molecule is Cc1cncc(C(O)c2snnc2C)c1. The third-order valence-corrected chi connectivity index (χ3v) is 3.03. The van der Waals surface area contributed by atoms with E-state index in [1.54, 1.807) is 12.4 Å². The summed E-state index contributed by atoms with van der Waals surface area (Å²) < 4.78 is 3.80. The number of aromatic nitrogens is 3. The van der Waals surface area contributed by atoms with Crippen LogP contribution in [0.2, 0.25) is 0 Å². The molecule has 0 fully saturated rings. The number of rotatable bonds is 2. The molecule has 4 nitrogen and oxygen atoms in total. The van der Waals surface area contributed by atoms with Gasteiger partial charge in [0.25, 0.3) is 0 Å². The number of nitrogens with zero attached hydrogens (tertiary/aromatic N) is 3. The number of hydrogen-bond acceptors (Lipinski definition) is 5. The molecule has 0 radical (unpaired) electrons. The molecule has 1 unspecified atom stereocenters. The highest BCUT2D eigenvalue weighted by Crippen LogP contribution is 2.26. The highest BCUT2D eigenvalue weighted by molar-refractivity contribution is 7.05. The minimum Gasteiger partial charge on any atom is -0.383 e. The molecule has 78 valence electrons. The summed E-state index contributed by atoms with van der Waals surface area (Å²) in [4.78, 5) is 4.83. The molecule has 0 aromatic carbocycles. The second kappa shape index (κ2) is 4.04. The Morgan fingerprint density at radius 3 is 2.73 bits per heavy atom. The van der Waals surface area contributed by atoms with Crippen LogP contribution in [0.25, 0.3) is 0 Å². The predicted molar refractivity (Wildman–Crippen MR) is 57.7 cm³/mol. The van der Waals surface area contributed by atoms with Crippen molar-refractivity contribution in [2.24, 2.45) is 0 Å². The van der Waals surface area contributed by atoms with Gasteiger partial charge >= 0.3 is 0 Å². The average molecular weight is 221 g/mol. The summed E-state index contributed by atoms with van der Waals surface area (Å²) in [6, 6.07) is 1.91. The van der Waals surface area contributed by atoms with Crippen molar-refractivity contribution in [3.05, 3.63) is 40.2 Å². The van der Waals surface area contributed by atoms with Gasteiger partial charge in [-0.15, -0.1) is 5.10 Å². The van der Waals surface area contributed by atoms with Gasteiger partial charge in [-0.2, -0.15) is 0 Å². The largest absolute Gasteiger partial charge is 0.383 e. The molecule has 2 rings (SSSR count). The van der Waals surface area contributed by atoms with Crippen molar-refractivity contribution in [3.8, 4) is 0 Å². The summed E-state index contributed by atoms with van der Waals surface area (Å²) in [7, 11) is 0. The summed E-state index contributed by atoms with van der Waals surface area (Å²) in [5, 5.41) is 14.0. The Kier molecular flexibility index (Phi) is 2.75. The lowest BCUT2D eigenvalue weighted by atomic mass is 10.1. The predicted octanol–water partition coefficient (Wildman–Crippen LogP) is 1.63. The van der Waals surface area contributed by atoms with Crippen LogP contribution >= 0.6 is 11.5 Å². The Hall–Kier alpha value is -1.33. The van der Waals surface area contributed by atoms with Crippen molar-refractivity contribution in [3.63, 3.8) is 0 Å². The molecule has 1 atom stereocenters. The fourth-order valence-corrected chi connectivity index (χ4v) is 2.03. The van der Waals surface area contributed by atoms with Gasteiger partial charge in [-0.1, -0.05) is 10.6 Å². The third kappa shape index (κ3) is 2.03. The Morgan fingerprint density at radius 1 is 1.33 bits per heavy atom. The van der Waals surface area contributed by atoms with Gasteiger partial charge < -0.3 is 5.11 Å². The maximum Gasteiger partial charge on any atom is 0.118 e. The first-order valence-corrected chi connectivity index (χ1v) is 5.34. The minimum atomic E-state index is -0.669. The molecule has 0 aliphatic heterocycles. The van der Waals surface area contributed by atoms with Gasteiger partial charge in [0.15, 0.2) is 0 Å². The molecule has 2 aromatic rings. The second-order valence-electron chi connectivity index (χ2n) is 3.42. The van der Waals surface area contributed by atoms with E-state index < -0.39 is 6.10 Å². The van der Waals surface area contributed by atoms with E-state index in [0.717, 1.165) is 21.7 Å². The van der Waals surface area contributed by atoms with E-state index in [2.05, 4.69) is 14.6 Å². The van der Waals surface area contributed by atoms with Crippen LogP contribution in [-0.4, -0.2) is 19.7 Å². The molecule has 0 saturated heterocycles. The molecule has 5 heteroatoms. The molecule has 0 aliphatic rings. The molecule has 2 heterocycles. The van der Waals surface area contributed by atoms with E-state index in [9.17, 15) is 5.11 Å². The molecule has 1 N–H and O–H groups in total. The van der Waals surface area contributed by atoms with Crippen molar-refractivity contribution in [2.75, 3.05) is 0 Å². The lowest BCUT2D eigenvalue weighted by Crippen LogP contribution is -2.00. The zero-order valence-electron chi connectivity index (χ0n) is 8.51. The second-order valence-corrected chi connectivity index (χ2v) is 4.21. The Labute approximate surface area is 91.8 Å². The lowest BCUT2D eigenvalue weighted by molar-refractivity contribution is 0.222. The minimum absolute atomic E-state index is 0.669. The van der Waals surface area contributed by atoms with Gasteiger partial charge in [-0.3, -0.25) is 4.98 Å². The topological polar surface area (TPSA) is 58.9 Å². The molecule has 0 saturated carbocycles. The Morgan fingerprint density at radius 2 is 2.13 bits per heavy atom. The molecule has 0 bridgehead atoms. The first kappa shape index (κ1) is 10.2. The first-order valence-electron chi connectivity index (χ1n) is 4.57. The van der Waals surface area contributed by atoms with E-state index in [4.69, 9.17) is 0 Å². The number of pyridine rings is 1. The molecule has 0 aliphatic carbocycles. The normalized spacial score (nSPS) is 12.7. The molecular weight excluding hydrogens is 210 g/mol. The number of aliphatic hydroxyl groups excluding tert-OH is 1. The average Bonchev–Trinajstić information content (AvgIpc) is 2.63. The van der Waals surface area contributed by atoms with Crippen LogP contribution in [0.3, 0.4) is 0 Å². The molecular formula is C10H11N3OS. The fraction of sp³-hybridized carbons (Fsp3) is 0.300. The molecule has 15 heavy (non-hydrogen) atoms. The summed E-state index contributed by atoms with van der Waals surface area (Å²) in [6.45, 7) is 3.78. The van der Waals surface area contributed by atoms with Gasteiger partial charge in [0.2, 0.25) is 0 Å². The quantitative estimate of drug-likeness (QED) is 0.837. The smallest absolute Gasteiger partial charge is 0.118 e. The number of aliphatic hydroxyl groups is 1. The number of aryl methyl sites for hydroxylation is 2. The summed E-state index contributed by atoms with van der Waals surface area (Å²) in [5.74, 6) is 0. The van der Waals surface area contributed by atoms with Gasteiger partial charge in [0.1, 0.15) is 6.10 Å². The van der Waals surface area contributed by atoms with E-state index in [-0.39, 0.29) is 0 Å².